The van der Waals surface area contributed by atoms with Gasteiger partial charge in [-0.25, -0.2) is 0 Å². The highest BCUT2D eigenvalue weighted by Crippen LogP contribution is 1.98. The van der Waals surface area contributed by atoms with Crippen LogP contribution >= 0.6 is 0 Å². The number of rotatable bonds is 3. The third-order valence-electron chi connectivity index (χ3n) is 0.963. The van der Waals surface area contributed by atoms with Crippen molar-refractivity contribution in [2.45, 2.75) is 13.8 Å². The van der Waals surface area contributed by atoms with Crippen molar-refractivity contribution in [2.75, 3.05) is 0 Å². The van der Waals surface area contributed by atoms with E-state index in [0.29, 0.717) is 0 Å². The first-order valence-corrected chi connectivity index (χ1v) is 3.32. The molecule has 0 rings (SSSR count). The lowest BCUT2D eigenvalue weighted by molar-refractivity contribution is 1.54. The molecule has 0 heteroatoms. The second kappa shape index (κ2) is 4.80. The summed E-state index contributed by atoms with van der Waals surface area (Å²) in [6, 6.07) is 0. The number of hydrogen-bond donors (Lipinski definition) is 0. The van der Waals surface area contributed by atoms with Gasteiger partial charge < -0.3 is 0 Å². The number of allylic oxidation sites excluding steroid dienone is 6. The zero-order valence-corrected chi connectivity index (χ0v) is 6.72. The summed E-state index contributed by atoms with van der Waals surface area (Å²) in [7, 11) is 0. The maximum Gasteiger partial charge on any atom is -0.0332 e. The molecule has 0 aromatic rings. The van der Waals surface area contributed by atoms with Gasteiger partial charge in [-0.1, -0.05) is 43.0 Å². The van der Waals surface area contributed by atoms with Gasteiger partial charge >= 0.3 is 0 Å². The van der Waals surface area contributed by atoms with Crippen molar-refractivity contribution >= 4 is 0 Å². The Morgan fingerprint density at radius 2 is 1.70 bits per heavy atom. The van der Waals surface area contributed by atoms with Gasteiger partial charge in [-0.2, -0.15) is 0 Å². The molecule has 0 radical (unpaired) electrons. The van der Waals surface area contributed by atoms with Crippen LogP contribution in [0, 0.1) is 0 Å². The van der Waals surface area contributed by atoms with Gasteiger partial charge in [0.15, 0.2) is 0 Å². The second-order valence-electron chi connectivity index (χ2n) is 2.25. The highest BCUT2D eigenvalue weighted by molar-refractivity contribution is 5.30. The van der Waals surface area contributed by atoms with Gasteiger partial charge in [0.1, 0.15) is 0 Å². The Hall–Kier alpha value is -1.04. The molecular weight excluding hydrogens is 120 g/mol. The van der Waals surface area contributed by atoms with Crippen molar-refractivity contribution < 1.29 is 0 Å². The first-order chi connectivity index (χ1) is 4.66. The van der Waals surface area contributed by atoms with Gasteiger partial charge in [-0.15, -0.1) is 0 Å². The Bertz CT molecular complexity index is 180. The summed E-state index contributed by atoms with van der Waals surface area (Å²) in [4.78, 5) is 0. The quantitative estimate of drug-likeness (QED) is 0.520. The molecule has 0 saturated carbocycles. The maximum absolute atomic E-state index is 3.80. The van der Waals surface area contributed by atoms with Gasteiger partial charge in [0, 0.05) is 0 Å². The summed E-state index contributed by atoms with van der Waals surface area (Å²) in [5, 5.41) is 0. The van der Waals surface area contributed by atoms with E-state index in [-0.39, 0.29) is 0 Å². The topological polar surface area (TPSA) is 0 Å². The third-order valence-corrected chi connectivity index (χ3v) is 0.963. The van der Waals surface area contributed by atoms with Gasteiger partial charge in [-0.05, 0) is 19.4 Å². The predicted molar refractivity (Wildman–Crippen MR) is 47.9 cm³/mol. The smallest absolute Gasteiger partial charge is 0.0332 e. The van der Waals surface area contributed by atoms with Crippen LogP contribution in [0.3, 0.4) is 0 Å². The van der Waals surface area contributed by atoms with Gasteiger partial charge in [0.25, 0.3) is 0 Å². The maximum atomic E-state index is 3.80. The van der Waals surface area contributed by atoms with Crippen molar-refractivity contribution in [1.29, 1.82) is 0 Å². The molecule has 0 atom stereocenters. The highest BCUT2D eigenvalue weighted by Gasteiger charge is 1.77. The van der Waals surface area contributed by atoms with Crippen LogP contribution in [0.1, 0.15) is 13.8 Å². The van der Waals surface area contributed by atoms with Gasteiger partial charge in [-0.3, -0.25) is 0 Å². The second-order valence-corrected chi connectivity index (χ2v) is 2.25. The molecule has 0 unspecified atom stereocenters. The van der Waals surface area contributed by atoms with Crippen LogP contribution < -0.4 is 0 Å². The van der Waals surface area contributed by atoms with Crippen LogP contribution in [0.4, 0.5) is 0 Å². The molecular formula is C10H14. The molecule has 0 aromatic heterocycles. The lowest BCUT2D eigenvalue weighted by Crippen LogP contribution is -1.66. The zero-order chi connectivity index (χ0) is 7.98. The first kappa shape index (κ1) is 8.96. The van der Waals surface area contributed by atoms with E-state index in [1.165, 1.54) is 0 Å². The zero-order valence-electron chi connectivity index (χ0n) is 6.72. The molecule has 0 aliphatic heterocycles. The summed E-state index contributed by atoms with van der Waals surface area (Å²) in [6.45, 7) is 11.5. The Labute approximate surface area is 63.3 Å². The molecule has 0 spiro atoms. The normalized spacial score (nSPS) is 11.0. The van der Waals surface area contributed by atoms with Crippen LogP contribution in [0.15, 0.2) is 48.6 Å². The minimum Gasteiger partial charge on any atom is -0.0961 e. The van der Waals surface area contributed by atoms with E-state index in [9.17, 15) is 0 Å². The lowest BCUT2D eigenvalue weighted by Gasteiger charge is -1.87. The molecule has 0 amide bonds. The third kappa shape index (κ3) is 5.10. The Morgan fingerprint density at radius 3 is 2.10 bits per heavy atom. The van der Waals surface area contributed by atoms with Crippen LogP contribution in [0.5, 0.6) is 0 Å². The van der Waals surface area contributed by atoms with E-state index >= 15 is 0 Å². The first-order valence-electron chi connectivity index (χ1n) is 3.32. The fraction of sp³-hybridized carbons (Fsp3) is 0.200. The Kier molecular flexibility index (Phi) is 4.30. The molecule has 0 aliphatic carbocycles. The monoisotopic (exact) mass is 134 g/mol. The molecule has 0 saturated heterocycles. The summed E-state index contributed by atoms with van der Waals surface area (Å²) in [5.74, 6) is 0. The van der Waals surface area contributed by atoms with E-state index in [0.717, 1.165) is 11.1 Å². The minimum atomic E-state index is 1.01. The van der Waals surface area contributed by atoms with Crippen LogP contribution in [0.2, 0.25) is 0 Å². The van der Waals surface area contributed by atoms with Gasteiger partial charge in [0.05, 0.1) is 0 Å². The Morgan fingerprint density at radius 1 is 1.10 bits per heavy atom. The molecule has 0 fully saturated rings. The van der Waals surface area contributed by atoms with Crippen molar-refractivity contribution in [3.05, 3.63) is 48.6 Å². The highest BCUT2D eigenvalue weighted by atomic mass is 13.8. The Balaban J connectivity index is 3.90. The summed E-state index contributed by atoms with van der Waals surface area (Å²) in [6.07, 6.45) is 7.81. The molecule has 0 heterocycles. The van der Waals surface area contributed by atoms with Crippen LogP contribution in [-0.4, -0.2) is 0 Å². The van der Waals surface area contributed by atoms with Crippen molar-refractivity contribution in [3.63, 3.8) is 0 Å². The summed E-state index contributed by atoms with van der Waals surface area (Å²) < 4.78 is 0. The van der Waals surface area contributed by atoms with Gasteiger partial charge in [0.2, 0.25) is 0 Å². The number of hydrogen-bond acceptors (Lipinski definition) is 0. The van der Waals surface area contributed by atoms with E-state index in [2.05, 4.69) is 13.2 Å². The largest absolute Gasteiger partial charge is 0.0961 e. The van der Waals surface area contributed by atoms with Crippen molar-refractivity contribution in [1.82, 2.24) is 0 Å². The van der Waals surface area contributed by atoms with E-state index < -0.39 is 0 Å². The molecule has 0 N–H and O–H groups in total. The fourth-order valence-electron chi connectivity index (χ4n) is 0.519. The van der Waals surface area contributed by atoms with Crippen molar-refractivity contribution in [2.24, 2.45) is 0 Å². The fourth-order valence-corrected chi connectivity index (χ4v) is 0.519. The molecule has 0 nitrogen and oxygen atoms in total. The van der Waals surface area contributed by atoms with E-state index in [1.54, 1.807) is 0 Å². The summed E-state index contributed by atoms with van der Waals surface area (Å²) in [5.41, 5.74) is 2.05. The van der Waals surface area contributed by atoms with Crippen molar-refractivity contribution in [3.8, 4) is 0 Å². The van der Waals surface area contributed by atoms with Crippen LogP contribution in [-0.2, 0) is 0 Å². The molecule has 54 valence electrons. The lowest BCUT2D eigenvalue weighted by atomic mass is 10.2. The molecule has 0 aromatic carbocycles. The van der Waals surface area contributed by atoms with E-state index in [1.807, 2.05) is 38.2 Å². The summed E-state index contributed by atoms with van der Waals surface area (Å²) >= 11 is 0. The van der Waals surface area contributed by atoms with E-state index in [4.69, 9.17) is 0 Å². The van der Waals surface area contributed by atoms with Crippen LogP contribution in [0.25, 0.3) is 0 Å². The standard InChI is InChI=1S/C10H14/c1-5-6-10(4)8-7-9(2)3/h5-8H,2,4H2,1,3H3/b6-5-,8-7+. The average molecular weight is 134 g/mol. The average Bonchev–Trinajstić information content (AvgIpc) is 1.85. The minimum absolute atomic E-state index is 1.01. The molecule has 0 bridgehead atoms. The SMILES string of the molecule is C=C(C)/C=C/C(=C)/C=C\C. The predicted octanol–water partition coefficient (Wildman–Crippen LogP) is 3.25. The molecule has 10 heavy (non-hydrogen) atoms. The molecule has 0 aliphatic rings.